The first-order valence-electron chi connectivity index (χ1n) is 13.6. The van der Waals surface area contributed by atoms with E-state index in [1.165, 1.54) is 28.0 Å². The highest BCUT2D eigenvalue weighted by molar-refractivity contribution is 7.07. The Morgan fingerprint density at radius 1 is 1.09 bits per heavy atom. The van der Waals surface area contributed by atoms with Gasteiger partial charge in [0.15, 0.2) is 4.80 Å². The van der Waals surface area contributed by atoms with Gasteiger partial charge in [0.1, 0.15) is 5.82 Å². The molecule has 43 heavy (non-hydrogen) atoms. The smallest absolute Gasteiger partial charge is 0.338 e. The molecule has 3 heterocycles. The Balaban J connectivity index is 1.54. The van der Waals surface area contributed by atoms with Crippen LogP contribution in [-0.2, 0) is 16.1 Å². The van der Waals surface area contributed by atoms with Crippen LogP contribution in [0.5, 0.6) is 0 Å². The predicted octanol–water partition coefficient (Wildman–Crippen LogP) is 6.56. The average molecular weight is 635 g/mol. The number of hydrogen-bond donors (Lipinski definition) is 0. The zero-order valence-electron chi connectivity index (χ0n) is 23.5. The number of para-hydroxylation sites is 1. The highest BCUT2D eigenvalue weighted by Crippen LogP contribution is 2.32. The SMILES string of the molecule is CCOC(=O)C1=C(C)N=c2s/c(=C\c3c(C)n(Cc4ccc(Cl)cc4Cl)c4ccccc34)c(=O)n2[C@@H]1c1ccc(F)cc1. The lowest BCUT2D eigenvalue weighted by Crippen LogP contribution is -2.39. The fourth-order valence-corrected chi connectivity index (χ4v) is 7.04. The molecule has 1 atom stereocenters. The zero-order valence-corrected chi connectivity index (χ0v) is 25.9. The third-order valence-electron chi connectivity index (χ3n) is 7.60. The van der Waals surface area contributed by atoms with E-state index in [2.05, 4.69) is 9.56 Å². The van der Waals surface area contributed by atoms with Crippen LogP contribution in [0.25, 0.3) is 17.0 Å². The fraction of sp³-hybridized carbons (Fsp3) is 0.182. The lowest BCUT2D eigenvalue weighted by Gasteiger charge is -2.24. The van der Waals surface area contributed by atoms with Crippen LogP contribution in [-0.4, -0.2) is 21.7 Å². The number of halogens is 3. The molecule has 1 aliphatic heterocycles. The molecule has 6 rings (SSSR count). The normalized spacial score (nSPS) is 15.1. The Bertz CT molecular complexity index is 2130. The Morgan fingerprint density at radius 2 is 1.84 bits per heavy atom. The minimum Gasteiger partial charge on any atom is -0.463 e. The van der Waals surface area contributed by atoms with E-state index in [4.69, 9.17) is 27.9 Å². The van der Waals surface area contributed by atoms with Crippen LogP contribution in [0.1, 0.15) is 42.3 Å². The molecule has 0 spiro atoms. The molecule has 218 valence electrons. The lowest BCUT2D eigenvalue weighted by atomic mass is 9.96. The minimum absolute atomic E-state index is 0.167. The molecule has 0 radical (unpaired) electrons. The molecule has 3 aromatic carbocycles. The van der Waals surface area contributed by atoms with Gasteiger partial charge in [-0.2, -0.15) is 0 Å². The third-order valence-corrected chi connectivity index (χ3v) is 9.17. The molecule has 0 bridgehead atoms. The number of carbonyl (C=O) groups excluding carboxylic acids is 1. The lowest BCUT2D eigenvalue weighted by molar-refractivity contribution is -0.139. The van der Waals surface area contributed by atoms with Gasteiger partial charge >= 0.3 is 5.97 Å². The number of allylic oxidation sites excluding steroid dienone is 1. The van der Waals surface area contributed by atoms with Gasteiger partial charge in [-0.1, -0.05) is 70.9 Å². The summed E-state index contributed by atoms with van der Waals surface area (Å²) in [5.41, 5.74) is 4.75. The van der Waals surface area contributed by atoms with Crippen molar-refractivity contribution in [3.05, 3.63) is 136 Å². The van der Waals surface area contributed by atoms with Crippen molar-refractivity contribution >= 4 is 57.5 Å². The van der Waals surface area contributed by atoms with E-state index in [0.29, 0.717) is 37.2 Å². The first-order chi connectivity index (χ1) is 20.7. The molecule has 0 saturated carbocycles. The van der Waals surface area contributed by atoms with Gasteiger partial charge in [-0.05, 0) is 68.3 Å². The molecular formula is C33H26Cl2FN3O3S. The summed E-state index contributed by atoms with van der Waals surface area (Å²) in [6, 6.07) is 18.4. The van der Waals surface area contributed by atoms with Crippen LogP contribution in [0, 0.1) is 12.7 Å². The summed E-state index contributed by atoms with van der Waals surface area (Å²) in [5.74, 6) is -0.978. The van der Waals surface area contributed by atoms with Crippen molar-refractivity contribution in [2.75, 3.05) is 6.61 Å². The Kier molecular flexibility index (Phi) is 7.85. The molecule has 1 aliphatic rings. The summed E-state index contributed by atoms with van der Waals surface area (Å²) in [6.45, 7) is 6.14. The first kappa shape index (κ1) is 29.1. The zero-order chi connectivity index (χ0) is 30.4. The number of esters is 1. The predicted molar refractivity (Wildman–Crippen MR) is 169 cm³/mol. The largest absolute Gasteiger partial charge is 0.463 e. The number of fused-ring (bicyclic) bond motifs is 2. The molecule has 0 unspecified atom stereocenters. The topological polar surface area (TPSA) is 65.6 Å². The van der Waals surface area contributed by atoms with Gasteiger partial charge in [-0.3, -0.25) is 9.36 Å². The number of benzene rings is 3. The second-order valence-corrected chi connectivity index (χ2v) is 12.0. The van der Waals surface area contributed by atoms with Crippen molar-refractivity contribution in [2.24, 2.45) is 4.99 Å². The molecule has 2 aromatic heterocycles. The highest BCUT2D eigenvalue weighted by atomic mass is 35.5. The molecule has 6 nitrogen and oxygen atoms in total. The molecule has 0 N–H and O–H groups in total. The summed E-state index contributed by atoms with van der Waals surface area (Å²) in [6.07, 6.45) is 1.88. The number of rotatable bonds is 6. The van der Waals surface area contributed by atoms with Crippen molar-refractivity contribution in [3.8, 4) is 0 Å². The Morgan fingerprint density at radius 3 is 2.56 bits per heavy atom. The molecule has 0 saturated heterocycles. The Labute approximate surface area is 260 Å². The van der Waals surface area contributed by atoms with Crippen molar-refractivity contribution in [2.45, 2.75) is 33.4 Å². The molecule has 5 aromatic rings. The molecule has 0 fully saturated rings. The standard InChI is InChI=1S/C33H26Cl2FN3O3S/c1-4-42-32(41)29-18(2)37-33-39(30(29)20-10-13-23(36)14-11-20)31(40)28(43-33)16-25-19(3)38(27-8-6-5-7-24(25)27)17-21-9-12-22(34)15-26(21)35/h5-16,30H,4,17H2,1-3H3/b28-16-/t30-/m1/s1. The van der Waals surface area contributed by atoms with E-state index in [0.717, 1.165) is 27.7 Å². The summed E-state index contributed by atoms with van der Waals surface area (Å²) < 4.78 is 23.3. The number of hydrogen-bond acceptors (Lipinski definition) is 5. The summed E-state index contributed by atoms with van der Waals surface area (Å²) in [7, 11) is 0. The van der Waals surface area contributed by atoms with Crippen molar-refractivity contribution in [1.29, 1.82) is 0 Å². The minimum atomic E-state index is -0.812. The van der Waals surface area contributed by atoms with Crippen molar-refractivity contribution < 1.29 is 13.9 Å². The van der Waals surface area contributed by atoms with Gasteiger partial charge in [0.2, 0.25) is 0 Å². The summed E-state index contributed by atoms with van der Waals surface area (Å²) >= 11 is 13.9. The van der Waals surface area contributed by atoms with Gasteiger partial charge in [-0.25, -0.2) is 14.2 Å². The van der Waals surface area contributed by atoms with Crippen LogP contribution in [0.15, 0.2) is 87.8 Å². The van der Waals surface area contributed by atoms with E-state index in [9.17, 15) is 14.0 Å². The summed E-state index contributed by atoms with van der Waals surface area (Å²) in [5, 5.41) is 2.13. The maximum absolute atomic E-state index is 14.1. The summed E-state index contributed by atoms with van der Waals surface area (Å²) in [4.78, 5) is 32.3. The third kappa shape index (κ3) is 5.24. The van der Waals surface area contributed by atoms with E-state index < -0.39 is 17.8 Å². The average Bonchev–Trinajstić information content (AvgIpc) is 3.42. The van der Waals surface area contributed by atoms with Crippen LogP contribution < -0.4 is 14.9 Å². The van der Waals surface area contributed by atoms with Gasteiger partial charge in [0.05, 0.1) is 28.5 Å². The Hall–Kier alpha value is -3.98. The van der Waals surface area contributed by atoms with Crippen LogP contribution >= 0.6 is 34.5 Å². The van der Waals surface area contributed by atoms with E-state index >= 15 is 0 Å². The maximum atomic E-state index is 14.1. The van der Waals surface area contributed by atoms with Gasteiger partial charge < -0.3 is 9.30 Å². The number of aromatic nitrogens is 2. The van der Waals surface area contributed by atoms with Crippen LogP contribution in [0.3, 0.4) is 0 Å². The van der Waals surface area contributed by atoms with Crippen LogP contribution in [0.4, 0.5) is 4.39 Å². The van der Waals surface area contributed by atoms with Crippen molar-refractivity contribution in [1.82, 2.24) is 9.13 Å². The number of thiazole rings is 1. The van der Waals surface area contributed by atoms with Gasteiger partial charge in [-0.15, -0.1) is 0 Å². The first-order valence-corrected chi connectivity index (χ1v) is 15.2. The van der Waals surface area contributed by atoms with E-state index in [1.807, 2.05) is 49.4 Å². The van der Waals surface area contributed by atoms with Gasteiger partial charge in [0.25, 0.3) is 5.56 Å². The number of ether oxygens (including phenoxy) is 1. The van der Waals surface area contributed by atoms with Gasteiger partial charge in [0, 0.05) is 38.8 Å². The van der Waals surface area contributed by atoms with Crippen molar-refractivity contribution in [3.63, 3.8) is 0 Å². The van der Waals surface area contributed by atoms with E-state index in [-0.39, 0.29) is 17.7 Å². The maximum Gasteiger partial charge on any atom is 0.338 e. The monoisotopic (exact) mass is 633 g/mol. The number of carbonyl (C=O) groups is 1. The molecular weight excluding hydrogens is 608 g/mol. The van der Waals surface area contributed by atoms with Crippen LogP contribution in [0.2, 0.25) is 10.0 Å². The highest BCUT2D eigenvalue weighted by Gasteiger charge is 2.33. The number of nitrogens with zero attached hydrogens (tertiary/aromatic N) is 3. The second-order valence-electron chi connectivity index (χ2n) is 10.2. The molecule has 10 heteroatoms. The van der Waals surface area contributed by atoms with E-state index in [1.54, 1.807) is 32.0 Å². The second kappa shape index (κ2) is 11.6. The fourth-order valence-electron chi connectivity index (χ4n) is 5.55. The quantitative estimate of drug-likeness (QED) is 0.199. The molecule has 0 aliphatic carbocycles. The molecule has 0 amide bonds.